The lowest BCUT2D eigenvalue weighted by Crippen LogP contribution is -2.44. The van der Waals surface area contributed by atoms with E-state index < -0.39 is 30.6 Å². The van der Waals surface area contributed by atoms with Crippen molar-refractivity contribution in [1.29, 1.82) is 0 Å². The van der Waals surface area contributed by atoms with E-state index in [2.05, 4.69) is 15.0 Å². The molecule has 1 fully saturated rings. The molecular formula is C11H16N6O4. The maximum atomic E-state index is 10.5. The third-order valence-electron chi connectivity index (χ3n) is 3.70. The van der Waals surface area contributed by atoms with Gasteiger partial charge in [0.1, 0.15) is 24.1 Å². The number of aliphatic hydroxyl groups excluding tert-OH is 2. The fraction of sp³-hybridized carbons (Fsp3) is 0.545. The molecular weight excluding hydrogens is 280 g/mol. The summed E-state index contributed by atoms with van der Waals surface area (Å²) in [6.45, 7) is 0.936. The van der Waals surface area contributed by atoms with Crippen LogP contribution in [0.1, 0.15) is 13.2 Å². The summed E-state index contributed by atoms with van der Waals surface area (Å²) < 4.78 is 6.83. The van der Waals surface area contributed by atoms with E-state index in [9.17, 15) is 15.3 Å². The number of fused-ring (bicyclic) bond motifs is 1. The molecule has 2 aromatic rings. The molecule has 10 nitrogen and oxygen atoms in total. The number of hydrogen-bond acceptors (Lipinski definition) is 9. The monoisotopic (exact) mass is 296 g/mol. The second kappa shape index (κ2) is 4.49. The highest BCUT2D eigenvalue weighted by Crippen LogP contribution is 2.40. The molecule has 0 aromatic carbocycles. The van der Waals surface area contributed by atoms with Crippen LogP contribution in [0.2, 0.25) is 0 Å². The number of hydrogen-bond donors (Lipinski definition) is 5. The number of imidazole rings is 1. The average Bonchev–Trinajstić information content (AvgIpc) is 2.87. The lowest BCUT2D eigenvalue weighted by Gasteiger charge is -2.27. The first kappa shape index (κ1) is 13.9. The Labute approximate surface area is 119 Å². The van der Waals surface area contributed by atoms with Gasteiger partial charge in [-0.05, 0) is 6.92 Å². The average molecular weight is 296 g/mol. The third kappa shape index (κ3) is 1.84. The minimum absolute atomic E-state index is 0.00765. The van der Waals surface area contributed by atoms with Gasteiger partial charge in [0, 0.05) is 0 Å². The van der Waals surface area contributed by atoms with Crippen LogP contribution in [-0.4, -0.2) is 59.3 Å². The number of ether oxygens (including phenoxy) is 1. The predicted octanol–water partition coefficient (Wildman–Crippen LogP) is -2.01. The second-order valence-electron chi connectivity index (χ2n) is 5.15. The van der Waals surface area contributed by atoms with E-state index in [0.717, 1.165) is 0 Å². The number of nitrogen functional groups attached to an aromatic ring is 2. The molecule has 0 aliphatic carbocycles. The van der Waals surface area contributed by atoms with Crippen LogP contribution in [-0.2, 0) is 4.74 Å². The van der Waals surface area contributed by atoms with Gasteiger partial charge in [0.15, 0.2) is 23.2 Å². The molecule has 1 aliphatic rings. The zero-order chi connectivity index (χ0) is 15.4. The van der Waals surface area contributed by atoms with Crippen LogP contribution < -0.4 is 11.5 Å². The lowest BCUT2D eigenvalue weighted by atomic mass is 9.96. The smallest absolute Gasteiger partial charge is 0.204 e. The fourth-order valence-electron chi connectivity index (χ4n) is 2.54. The molecule has 1 saturated heterocycles. The van der Waals surface area contributed by atoms with Gasteiger partial charge in [-0.3, -0.25) is 4.57 Å². The van der Waals surface area contributed by atoms with Crippen LogP contribution >= 0.6 is 0 Å². The number of nitrogens with two attached hydrogens (primary N) is 2. The Morgan fingerprint density at radius 1 is 1.43 bits per heavy atom. The normalized spacial score (nSPS) is 32.9. The summed E-state index contributed by atoms with van der Waals surface area (Å²) in [4.78, 5) is 11.9. The standard InChI is InChI=1S/C11H16N6O4/c1-11(20)6(19)4(2-18)21-9(11)17-8-5(16-10(17)13)7(12)14-3-15-8/h3-4,6,9,18-20H,2H2,1H3,(H2,13,16)(H2,12,14,15). The van der Waals surface area contributed by atoms with Gasteiger partial charge in [-0.25, -0.2) is 15.0 Å². The molecule has 1 aliphatic heterocycles. The molecule has 7 N–H and O–H groups in total. The van der Waals surface area contributed by atoms with E-state index in [4.69, 9.17) is 16.2 Å². The summed E-state index contributed by atoms with van der Waals surface area (Å²) in [5.74, 6) is 0.149. The van der Waals surface area contributed by atoms with Crippen LogP contribution in [0.5, 0.6) is 0 Å². The number of anilines is 2. The van der Waals surface area contributed by atoms with Crippen LogP contribution in [0.15, 0.2) is 6.33 Å². The first-order valence-electron chi connectivity index (χ1n) is 6.28. The summed E-state index contributed by atoms with van der Waals surface area (Å²) in [5.41, 5.74) is 10.4. The number of rotatable bonds is 2. The van der Waals surface area contributed by atoms with E-state index in [1.165, 1.54) is 17.8 Å². The zero-order valence-electron chi connectivity index (χ0n) is 11.2. The van der Waals surface area contributed by atoms with E-state index in [1.54, 1.807) is 0 Å². The highest BCUT2D eigenvalue weighted by Gasteiger charge is 2.53. The zero-order valence-corrected chi connectivity index (χ0v) is 11.2. The molecule has 0 spiro atoms. The molecule has 4 atom stereocenters. The molecule has 3 rings (SSSR count). The van der Waals surface area contributed by atoms with Crippen molar-refractivity contribution >= 4 is 22.9 Å². The van der Waals surface area contributed by atoms with Crippen molar-refractivity contribution in [3.8, 4) is 0 Å². The Kier molecular flexibility index (Phi) is 2.99. The summed E-state index contributed by atoms with van der Waals surface area (Å²) in [6, 6.07) is 0. The van der Waals surface area contributed by atoms with Gasteiger partial charge in [-0.1, -0.05) is 0 Å². The molecule has 3 heterocycles. The molecule has 0 amide bonds. The summed E-state index contributed by atoms with van der Waals surface area (Å²) in [7, 11) is 0. The van der Waals surface area contributed by atoms with E-state index in [-0.39, 0.29) is 22.9 Å². The van der Waals surface area contributed by atoms with Gasteiger partial charge in [0.05, 0.1) is 6.61 Å². The Bertz CT molecular complexity index is 687. The number of nitrogens with zero attached hydrogens (tertiary/aromatic N) is 4. The number of aliphatic hydroxyl groups is 3. The molecule has 21 heavy (non-hydrogen) atoms. The topological polar surface area (TPSA) is 166 Å². The van der Waals surface area contributed by atoms with Crippen molar-refractivity contribution in [3.05, 3.63) is 6.33 Å². The van der Waals surface area contributed by atoms with Crippen molar-refractivity contribution in [1.82, 2.24) is 19.5 Å². The van der Waals surface area contributed by atoms with Gasteiger partial charge in [-0.15, -0.1) is 0 Å². The van der Waals surface area contributed by atoms with Crippen molar-refractivity contribution in [2.75, 3.05) is 18.1 Å². The number of aromatic nitrogens is 4. The van der Waals surface area contributed by atoms with Crippen molar-refractivity contribution in [2.24, 2.45) is 0 Å². The molecule has 4 unspecified atom stereocenters. The highest BCUT2D eigenvalue weighted by atomic mass is 16.6. The van der Waals surface area contributed by atoms with Crippen LogP contribution in [0, 0.1) is 0 Å². The molecule has 114 valence electrons. The SMILES string of the molecule is CC1(O)C(O)C(CO)OC1n1c(N)nc2c(N)ncnc21. The quantitative estimate of drug-likeness (QED) is 0.421. The van der Waals surface area contributed by atoms with Crippen LogP contribution in [0.4, 0.5) is 11.8 Å². The van der Waals surface area contributed by atoms with Crippen LogP contribution in [0.25, 0.3) is 11.2 Å². The first-order valence-corrected chi connectivity index (χ1v) is 6.28. The first-order chi connectivity index (χ1) is 9.87. The third-order valence-corrected chi connectivity index (χ3v) is 3.70. The van der Waals surface area contributed by atoms with Gasteiger partial charge < -0.3 is 31.5 Å². The molecule has 0 bridgehead atoms. The minimum Gasteiger partial charge on any atom is -0.394 e. The van der Waals surface area contributed by atoms with Gasteiger partial charge >= 0.3 is 0 Å². The van der Waals surface area contributed by atoms with Crippen molar-refractivity contribution in [3.63, 3.8) is 0 Å². The van der Waals surface area contributed by atoms with Gasteiger partial charge in [0.25, 0.3) is 0 Å². The van der Waals surface area contributed by atoms with E-state index in [0.29, 0.717) is 0 Å². The Balaban J connectivity index is 2.17. The largest absolute Gasteiger partial charge is 0.394 e. The second-order valence-corrected chi connectivity index (χ2v) is 5.15. The van der Waals surface area contributed by atoms with Gasteiger partial charge in [0.2, 0.25) is 5.95 Å². The maximum Gasteiger partial charge on any atom is 0.204 e. The maximum absolute atomic E-state index is 10.5. The lowest BCUT2D eigenvalue weighted by molar-refractivity contribution is -0.0940. The molecule has 0 radical (unpaired) electrons. The molecule has 0 saturated carbocycles. The highest BCUT2D eigenvalue weighted by molar-refractivity contribution is 5.83. The minimum atomic E-state index is -1.69. The van der Waals surface area contributed by atoms with E-state index in [1.807, 2.05) is 0 Å². The fourth-order valence-corrected chi connectivity index (χ4v) is 2.54. The summed E-state index contributed by atoms with van der Waals surface area (Å²) in [6.07, 6.45) is -2.06. The molecule has 10 heteroatoms. The van der Waals surface area contributed by atoms with Gasteiger partial charge in [-0.2, -0.15) is 0 Å². The Morgan fingerprint density at radius 2 is 2.14 bits per heavy atom. The summed E-state index contributed by atoms with van der Waals surface area (Å²) >= 11 is 0. The summed E-state index contributed by atoms with van der Waals surface area (Å²) in [5, 5.41) is 29.7. The molecule has 2 aromatic heterocycles. The van der Waals surface area contributed by atoms with Crippen LogP contribution in [0.3, 0.4) is 0 Å². The van der Waals surface area contributed by atoms with Crippen molar-refractivity contribution < 1.29 is 20.1 Å². The predicted molar refractivity (Wildman–Crippen MR) is 71.8 cm³/mol. The Morgan fingerprint density at radius 3 is 2.76 bits per heavy atom. The van der Waals surface area contributed by atoms with Crippen molar-refractivity contribution in [2.45, 2.75) is 31.0 Å². The van der Waals surface area contributed by atoms with E-state index >= 15 is 0 Å². The Hall–Kier alpha value is -2.01.